The summed E-state index contributed by atoms with van der Waals surface area (Å²) in [4.78, 5) is 0. The first-order valence-electron chi connectivity index (χ1n) is 6.93. The highest BCUT2D eigenvalue weighted by molar-refractivity contribution is 5.42. The van der Waals surface area contributed by atoms with E-state index in [1.165, 1.54) is 23.5 Å². The first kappa shape index (κ1) is 15.1. The van der Waals surface area contributed by atoms with E-state index in [0.29, 0.717) is 0 Å². The molecule has 0 atom stereocenters. The van der Waals surface area contributed by atoms with Gasteiger partial charge in [0.25, 0.3) is 0 Å². The van der Waals surface area contributed by atoms with Gasteiger partial charge in [0.1, 0.15) is 5.75 Å². The molecule has 0 saturated carbocycles. The zero-order valence-corrected chi connectivity index (χ0v) is 12.8. The van der Waals surface area contributed by atoms with Crippen LogP contribution in [0.3, 0.4) is 0 Å². The minimum atomic E-state index is 0.161. The molecule has 1 radical (unpaired) electrons. The molecule has 1 aromatic rings. The van der Waals surface area contributed by atoms with Crippen LogP contribution in [0.2, 0.25) is 0 Å². The molecule has 0 saturated heterocycles. The van der Waals surface area contributed by atoms with Crippen LogP contribution in [0.25, 0.3) is 0 Å². The predicted octanol–water partition coefficient (Wildman–Crippen LogP) is 5.13. The maximum absolute atomic E-state index is 5.86. The summed E-state index contributed by atoms with van der Waals surface area (Å²) in [6.07, 6.45) is 2.29. The van der Waals surface area contributed by atoms with Gasteiger partial charge in [0.2, 0.25) is 0 Å². The van der Waals surface area contributed by atoms with E-state index in [4.69, 9.17) is 4.74 Å². The third-order valence-electron chi connectivity index (χ3n) is 3.12. The molecule has 18 heavy (non-hydrogen) atoms. The summed E-state index contributed by atoms with van der Waals surface area (Å²) in [6, 6.07) is 6.62. The Morgan fingerprint density at radius 1 is 1.11 bits per heavy atom. The second-order valence-corrected chi connectivity index (χ2v) is 6.20. The van der Waals surface area contributed by atoms with Gasteiger partial charge in [-0.05, 0) is 41.0 Å². The van der Waals surface area contributed by atoms with Crippen LogP contribution >= 0.6 is 0 Å². The lowest BCUT2D eigenvalue weighted by molar-refractivity contribution is 0.308. The lowest BCUT2D eigenvalue weighted by Crippen LogP contribution is -2.12. The molecule has 0 heterocycles. The Hall–Kier alpha value is -0.980. The van der Waals surface area contributed by atoms with Gasteiger partial charge in [-0.25, -0.2) is 0 Å². The van der Waals surface area contributed by atoms with Gasteiger partial charge >= 0.3 is 0 Å². The molecular weight excluding hydrogens is 220 g/mol. The van der Waals surface area contributed by atoms with Gasteiger partial charge in [0, 0.05) is 0 Å². The molecule has 0 aliphatic rings. The summed E-state index contributed by atoms with van der Waals surface area (Å²) >= 11 is 0. The van der Waals surface area contributed by atoms with E-state index in [1.807, 2.05) is 0 Å². The number of rotatable bonds is 5. The quantitative estimate of drug-likeness (QED) is 0.656. The van der Waals surface area contributed by atoms with E-state index in [2.05, 4.69) is 59.7 Å². The number of ether oxygens (including phenoxy) is 1. The minimum absolute atomic E-state index is 0.161. The number of hydrogen-bond donors (Lipinski definition) is 0. The number of hydrogen-bond acceptors (Lipinski definition) is 1. The van der Waals surface area contributed by atoms with E-state index < -0.39 is 0 Å². The Kier molecular flexibility index (Phi) is 5.25. The Balaban J connectivity index is 2.99. The summed E-state index contributed by atoms with van der Waals surface area (Å²) in [5.41, 5.74) is 2.79. The average molecular weight is 247 g/mol. The normalized spacial score (nSPS) is 11.9. The smallest absolute Gasteiger partial charge is 0.119 e. The summed E-state index contributed by atoms with van der Waals surface area (Å²) in [5, 5.41) is 0. The van der Waals surface area contributed by atoms with Crippen LogP contribution in [-0.2, 0) is 5.41 Å². The Bertz CT molecular complexity index is 372. The fourth-order valence-electron chi connectivity index (χ4n) is 1.74. The Morgan fingerprint density at radius 2 is 1.78 bits per heavy atom. The molecule has 1 aromatic carbocycles. The predicted molar refractivity (Wildman–Crippen MR) is 79.2 cm³/mol. The van der Waals surface area contributed by atoms with Crippen molar-refractivity contribution in [2.45, 2.75) is 59.8 Å². The summed E-state index contributed by atoms with van der Waals surface area (Å²) in [7, 11) is 0. The Labute approximate surface area is 113 Å². The minimum Gasteiger partial charge on any atom is -0.494 e. The van der Waals surface area contributed by atoms with Crippen molar-refractivity contribution in [3.05, 3.63) is 35.2 Å². The standard InChI is InChI=1S/C17H27O/c1-7-8-9-18-16-11-14(13(2)3)10-15(12-16)17(4,5)6/h10-12H,7-9H2,1-6H3. The first-order chi connectivity index (χ1) is 8.34. The van der Waals surface area contributed by atoms with Crippen molar-refractivity contribution in [3.63, 3.8) is 0 Å². The summed E-state index contributed by atoms with van der Waals surface area (Å²) in [6.45, 7) is 14.0. The van der Waals surface area contributed by atoms with Gasteiger partial charge in [-0.15, -0.1) is 0 Å². The zero-order valence-electron chi connectivity index (χ0n) is 12.8. The molecule has 0 aliphatic heterocycles. The van der Waals surface area contributed by atoms with Crippen molar-refractivity contribution in [3.8, 4) is 5.75 Å². The summed E-state index contributed by atoms with van der Waals surface area (Å²) < 4.78 is 5.86. The highest BCUT2D eigenvalue weighted by Gasteiger charge is 2.16. The maximum atomic E-state index is 5.86. The van der Waals surface area contributed by atoms with Gasteiger partial charge in [-0.2, -0.15) is 0 Å². The lowest BCUT2D eigenvalue weighted by Gasteiger charge is -2.22. The van der Waals surface area contributed by atoms with Gasteiger partial charge < -0.3 is 4.74 Å². The fourth-order valence-corrected chi connectivity index (χ4v) is 1.74. The monoisotopic (exact) mass is 247 g/mol. The highest BCUT2D eigenvalue weighted by Crippen LogP contribution is 2.30. The van der Waals surface area contributed by atoms with Crippen molar-refractivity contribution in [2.24, 2.45) is 0 Å². The molecule has 0 spiro atoms. The van der Waals surface area contributed by atoms with Crippen LogP contribution in [0.4, 0.5) is 0 Å². The third-order valence-corrected chi connectivity index (χ3v) is 3.12. The van der Waals surface area contributed by atoms with Crippen molar-refractivity contribution in [1.82, 2.24) is 0 Å². The molecule has 0 amide bonds. The van der Waals surface area contributed by atoms with Gasteiger partial charge in [-0.1, -0.05) is 54.0 Å². The van der Waals surface area contributed by atoms with E-state index in [9.17, 15) is 0 Å². The van der Waals surface area contributed by atoms with Crippen molar-refractivity contribution in [1.29, 1.82) is 0 Å². The third kappa shape index (κ3) is 4.36. The molecule has 1 nitrogen and oxygen atoms in total. The molecule has 0 bridgehead atoms. The van der Waals surface area contributed by atoms with Crippen LogP contribution in [0.5, 0.6) is 5.75 Å². The van der Waals surface area contributed by atoms with Gasteiger partial charge in [-0.3, -0.25) is 0 Å². The van der Waals surface area contributed by atoms with Crippen molar-refractivity contribution >= 4 is 0 Å². The van der Waals surface area contributed by atoms with Crippen LogP contribution in [0.1, 0.15) is 65.5 Å². The van der Waals surface area contributed by atoms with E-state index in [0.717, 1.165) is 18.8 Å². The second-order valence-electron chi connectivity index (χ2n) is 6.20. The molecule has 0 aliphatic carbocycles. The molecule has 0 fully saturated rings. The van der Waals surface area contributed by atoms with Crippen LogP contribution < -0.4 is 4.74 Å². The molecule has 0 aromatic heterocycles. The molecule has 1 rings (SSSR count). The molecule has 101 valence electrons. The fraction of sp³-hybridized carbons (Fsp3) is 0.588. The van der Waals surface area contributed by atoms with Crippen LogP contribution in [-0.4, -0.2) is 6.61 Å². The molecule has 0 N–H and O–H groups in total. The van der Waals surface area contributed by atoms with Crippen LogP contribution in [0, 0.1) is 5.92 Å². The SMILES string of the molecule is CCCCOc1cc([C](C)C)cc(C(C)(C)C)c1. The number of benzene rings is 1. The lowest BCUT2D eigenvalue weighted by atomic mass is 9.84. The zero-order chi connectivity index (χ0) is 13.8. The van der Waals surface area contributed by atoms with Crippen LogP contribution in [0.15, 0.2) is 18.2 Å². The molecule has 1 heteroatoms. The van der Waals surface area contributed by atoms with Gasteiger partial charge in [0.15, 0.2) is 0 Å². The Morgan fingerprint density at radius 3 is 2.28 bits per heavy atom. The maximum Gasteiger partial charge on any atom is 0.119 e. The topological polar surface area (TPSA) is 9.23 Å². The largest absolute Gasteiger partial charge is 0.494 e. The summed E-state index contributed by atoms with van der Waals surface area (Å²) in [5.74, 6) is 2.34. The molecular formula is C17H27O. The van der Waals surface area contributed by atoms with Crippen molar-refractivity contribution in [2.75, 3.05) is 6.61 Å². The van der Waals surface area contributed by atoms with Crippen molar-refractivity contribution < 1.29 is 4.74 Å². The van der Waals surface area contributed by atoms with E-state index >= 15 is 0 Å². The molecule has 0 unspecified atom stereocenters. The number of unbranched alkanes of at least 4 members (excludes halogenated alkanes) is 1. The average Bonchev–Trinajstić information content (AvgIpc) is 2.28. The second kappa shape index (κ2) is 6.26. The van der Waals surface area contributed by atoms with E-state index in [1.54, 1.807) is 0 Å². The first-order valence-corrected chi connectivity index (χ1v) is 6.93. The highest BCUT2D eigenvalue weighted by atomic mass is 16.5. The van der Waals surface area contributed by atoms with E-state index in [-0.39, 0.29) is 5.41 Å². The van der Waals surface area contributed by atoms with Gasteiger partial charge in [0.05, 0.1) is 6.61 Å².